The van der Waals surface area contributed by atoms with Crippen LogP contribution in [0.15, 0.2) is 54.6 Å². The van der Waals surface area contributed by atoms with Gasteiger partial charge in [-0.25, -0.2) is 4.79 Å². The number of esters is 1. The third-order valence-corrected chi connectivity index (χ3v) is 7.37. The lowest BCUT2D eigenvalue weighted by molar-refractivity contribution is -0.139. The minimum absolute atomic E-state index is 0.138. The molecule has 0 radical (unpaired) electrons. The number of carbonyl (C=O) groups excluding carboxylic acids is 1. The van der Waals surface area contributed by atoms with Crippen LogP contribution in [0.2, 0.25) is 0 Å². The van der Waals surface area contributed by atoms with Crippen molar-refractivity contribution in [1.82, 2.24) is 0 Å². The normalized spacial score (nSPS) is 17.5. The van der Waals surface area contributed by atoms with E-state index in [-0.39, 0.29) is 19.8 Å². The predicted octanol–water partition coefficient (Wildman–Crippen LogP) is 7.63. The number of hydrogen-bond donors (Lipinski definition) is 1. The number of carbonyl (C=O) groups is 1. The molecule has 4 heteroatoms. The second kappa shape index (κ2) is 14.8. The standard InChI is InChI=1S/C32H44O4/c1-4-5-6-8-25-10-12-26(13-11-25)27-14-16-28(17-15-27)30-19-18-29(9-7-20-33)31(23-30)35-21-22-36-32(34)24(2)3/h14-19,23,25-26,33H,2,4-13,20-22H2,1,3H3. The van der Waals surface area contributed by atoms with Crippen LogP contribution in [0.5, 0.6) is 5.75 Å². The van der Waals surface area contributed by atoms with Gasteiger partial charge in [-0.1, -0.05) is 75.6 Å². The van der Waals surface area contributed by atoms with E-state index in [1.807, 2.05) is 0 Å². The molecule has 1 N–H and O–H groups in total. The molecular formula is C32H44O4. The summed E-state index contributed by atoms with van der Waals surface area (Å²) in [5, 5.41) is 9.27. The molecule has 2 aromatic carbocycles. The fourth-order valence-electron chi connectivity index (χ4n) is 5.17. The van der Waals surface area contributed by atoms with E-state index in [1.165, 1.54) is 62.5 Å². The van der Waals surface area contributed by atoms with Gasteiger partial charge in [0.1, 0.15) is 19.0 Å². The summed E-state index contributed by atoms with van der Waals surface area (Å²) in [4.78, 5) is 11.6. The Balaban J connectivity index is 1.61. The number of unbranched alkanes of at least 4 members (excludes halogenated alkanes) is 2. The summed E-state index contributed by atoms with van der Waals surface area (Å²) >= 11 is 0. The predicted molar refractivity (Wildman–Crippen MR) is 147 cm³/mol. The smallest absolute Gasteiger partial charge is 0.333 e. The molecule has 36 heavy (non-hydrogen) atoms. The Morgan fingerprint density at radius 3 is 2.36 bits per heavy atom. The van der Waals surface area contributed by atoms with E-state index in [9.17, 15) is 9.90 Å². The molecule has 1 fully saturated rings. The largest absolute Gasteiger partial charge is 0.490 e. The highest BCUT2D eigenvalue weighted by molar-refractivity contribution is 5.86. The SMILES string of the molecule is C=C(C)C(=O)OCCOc1cc(-c2ccc(C3CCC(CCCCC)CC3)cc2)ccc1CCCO. The maximum Gasteiger partial charge on any atom is 0.333 e. The lowest BCUT2D eigenvalue weighted by atomic mass is 9.77. The highest BCUT2D eigenvalue weighted by Gasteiger charge is 2.22. The van der Waals surface area contributed by atoms with Gasteiger partial charge in [-0.2, -0.15) is 0 Å². The van der Waals surface area contributed by atoms with Crippen molar-refractivity contribution in [3.8, 4) is 16.9 Å². The van der Waals surface area contributed by atoms with Crippen LogP contribution in [0.25, 0.3) is 11.1 Å². The molecule has 3 rings (SSSR count). The van der Waals surface area contributed by atoms with Crippen LogP contribution in [0.1, 0.15) is 88.7 Å². The fourth-order valence-corrected chi connectivity index (χ4v) is 5.17. The number of hydrogen-bond acceptors (Lipinski definition) is 4. The van der Waals surface area contributed by atoms with Crippen LogP contribution in [0.3, 0.4) is 0 Å². The first-order valence-electron chi connectivity index (χ1n) is 13.8. The van der Waals surface area contributed by atoms with Crippen molar-refractivity contribution in [3.05, 3.63) is 65.7 Å². The van der Waals surface area contributed by atoms with E-state index < -0.39 is 5.97 Å². The van der Waals surface area contributed by atoms with E-state index in [0.717, 1.165) is 29.2 Å². The number of benzene rings is 2. The first-order valence-corrected chi connectivity index (χ1v) is 13.8. The molecule has 0 aromatic heterocycles. The molecule has 2 aromatic rings. The minimum atomic E-state index is -0.405. The van der Waals surface area contributed by atoms with Crippen molar-refractivity contribution in [1.29, 1.82) is 0 Å². The Kier molecular flexibility index (Phi) is 11.5. The number of aryl methyl sites for hydroxylation is 1. The van der Waals surface area contributed by atoms with E-state index in [0.29, 0.717) is 17.9 Å². The Hall–Kier alpha value is -2.59. The van der Waals surface area contributed by atoms with Crippen molar-refractivity contribution < 1.29 is 19.4 Å². The lowest BCUT2D eigenvalue weighted by Gasteiger charge is -2.29. The minimum Gasteiger partial charge on any atom is -0.490 e. The van der Waals surface area contributed by atoms with Crippen molar-refractivity contribution >= 4 is 5.97 Å². The number of aliphatic hydroxyl groups excluding tert-OH is 1. The van der Waals surface area contributed by atoms with Crippen LogP contribution in [0.4, 0.5) is 0 Å². The average molecular weight is 493 g/mol. The van der Waals surface area contributed by atoms with Gasteiger partial charge in [0.25, 0.3) is 0 Å². The van der Waals surface area contributed by atoms with Crippen molar-refractivity contribution in [2.45, 2.75) is 84.0 Å². The monoisotopic (exact) mass is 492 g/mol. The van der Waals surface area contributed by atoms with Crippen molar-refractivity contribution in [2.24, 2.45) is 5.92 Å². The van der Waals surface area contributed by atoms with E-state index in [2.05, 4.69) is 56.0 Å². The number of rotatable bonds is 14. The Morgan fingerprint density at radius 2 is 1.69 bits per heavy atom. The van der Waals surface area contributed by atoms with Crippen LogP contribution in [-0.4, -0.2) is 30.9 Å². The zero-order chi connectivity index (χ0) is 25.8. The van der Waals surface area contributed by atoms with Gasteiger partial charge < -0.3 is 14.6 Å². The zero-order valence-electron chi connectivity index (χ0n) is 22.3. The summed E-state index contributed by atoms with van der Waals surface area (Å²) in [7, 11) is 0. The molecule has 0 saturated heterocycles. The van der Waals surface area contributed by atoms with E-state index in [1.54, 1.807) is 6.92 Å². The highest BCUT2D eigenvalue weighted by atomic mass is 16.6. The first kappa shape index (κ1) is 28.0. The summed E-state index contributed by atoms with van der Waals surface area (Å²) in [5.41, 5.74) is 5.15. The second-order valence-corrected chi connectivity index (χ2v) is 10.2. The van der Waals surface area contributed by atoms with Crippen LogP contribution < -0.4 is 4.74 Å². The third-order valence-electron chi connectivity index (χ3n) is 7.37. The Morgan fingerprint density at radius 1 is 0.972 bits per heavy atom. The summed E-state index contributed by atoms with van der Waals surface area (Å²) < 4.78 is 11.2. The number of ether oxygens (including phenoxy) is 2. The number of aliphatic hydroxyl groups is 1. The van der Waals surface area contributed by atoms with Gasteiger partial charge in [0.2, 0.25) is 0 Å². The van der Waals surface area contributed by atoms with E-state index >= 15 is 0 Å². The van der Waals surface area contributed by atoms with Gasteiger partial charge in [-0.3, -0.25) is 0 Å². The lowest BCUT2D eigenvalue weighted by Crippen LogP contribution is -2.13. The molecule has 1 saturated carbocycles. The molecule has 196 valence electrons. The van der Waals surface area contributed by atoms with E-state index in [4.69, 9.17) is 9.47 Å². The Labute approximate surface area is 217 Å². The molecule has 1 aliphatic rings. The van der Waals surface area contributed by atoms with Gasteiger partial charge in [0.15, 0.2) is 0 Å². The molecule has 4 nitrogen and oxygen atoms in total. The van der Waals surface area contributed by atoms with Crippen molar-refractivity contribution in [2.75, 3.05) is 19.8 Å². The molecule has 0 unspecified atom stereocenters. The molecular weight excluding hydrogens is 448 g/mol. The van der Waals surface area contributed by atoms with Gasteiger partial charge >= 0.3 is 5.97 Å². The molecule has 0 atom stereocenters. The summed E-state index contributed by atoms with van der Waals surface area (Å²) in [5.74, 6) is 1.98. The average Bonchev–Trinajstić information content (AvgIpc) is 2.90. The fraction of sp³-hybridized carbons (Fsp3) is 0.531. The van der Waals surface area contributed by atoms with Crippen LogP contribution >= 0.6 is 0 Å². The summed E-state index contributed by atoms with van der Waals surface area (Å²) in [6.45, 7) is 8.09. The zero-order valence-corrected chi connectivity index (χ0v) is 22.3. The third kappa shape index (κ3) is 8.51. The molecule has 0 amide bonds. The summed E-state index contributed by atoms with van der Waals surface area (Å²) in [6.07, 6.45) is 12.3. The highest BCUT2D eigenvalue weighted by Crippen LogP contribution is 2.38. The van der Waals surface area contributed by atoms with Gasteiger partial charge in [-0.05, 0) is 85.6 Å². The van der Waals surface area contributed by atoms with Crippen LogP contribution in [-0.2, 0) is 16.0 Å². The van der Waals surface area contributed by atoms with Gasteiger partial charge in [0, 0.05) is 12.2 Å². The first-order chi connectivity index (χ1) is 17.5. The molecule has 0 aliphatic heterocycles. The molecule has 0 spiro atoms. The topological polar surface area (TPSA) is 55.8 Å². The summed E-state index contributed by atoms with van der Waals surface area (Å²) in [6, 6.07) is 15.3. The maximum absolute atomic E-state index is 11.6. The van der Waals surface area contributed by atoms with Gasteiger partial charge in [0.05, 0.1) is 0 Å². The van der Waals surface area contributed by atoms with Gasteiger partial charge in [-0.15, -0.1) is 0 Å². The quantitative estimate of drug-likeness (QED) is 0.167. The molecule has 1 aliphatic carbocycles. The maximum atomic E-state index is 11.6. The molecule has 0 heterocycles. The Bertz CT molecular complexity index is 955. The molecule has 0 bridgehead atoms. The second-order valence-electron chi connectivity index (χ2n) is 10.2. The van der Waals surface area contributed by atoms with Crippen LogP contribution in [0, 0.1) is 5.92 Å². The van der Waals surface area contributed by atoms with Crippen molar-refractivity contribution in [3.63, 3.8) is 0 Å².